The molecule has 2 aliphatic rings. The number of rotatable bonds is 4. The molecule has 1 aromatic heterocycles. The van der Waals surface area contributed by atoms with Crippen molar-refractivity contribution in [3.8, 4) is 0 Å². The highest BCUT2D eigenvalue weighted by Crippen LogP contribution is 2.49. The lowest BCUT2D eigenvalue weighted by Crippen LogP contribution is -2.35. The fourth-order valence-corrected chi connectivity index (χ4v) is 3.62. The van der Waals surface area contributed by atoms with E-state index in [1.165, 1.54) is 0 Å². The van der Waals surface area contributed by atoms with Crippen LogP contribution < -0.4 is 0 Å². The molecule has 2 fully saturated rings. The Morgan fingerprint density at radius 3 is 2.90 bits per heavy atom. The van der Waals surface area contributed by atoms with Gasteiger partial charge in [-0.1, -0.05) is 25.4 Å². The van der Waals surface area contributed by atoms with Crippen LogP contribution in [0.2, 0.25) is 0 Å². The Labute approximate surface area is 130 Å². The summed E-state index contributed by atoms with van der Waals surface area (Å²) in [4.78, 5) is 18.1. The van der Waals surface area contributed by atoms with Crippen molar-refractivity contribution in [3.05, 3.63) is 11.7 Å². The minimum Gasteiger partial charge on any atom is -0.481 e. The van der Waals surface area contributed by atoms with Crippen LogP contribution in [0.15, 0.2) is 4.52 Å². The molecule has 0 unspecified atom stereocenters. The minimum atomic E-state index is -0.643. The lowest BCUT2D eigenvalue weighted by atomic mass is 9.81. The zero-order valence-electron chi connectivity index (χ0n) is 12.4. The summed E-state index contributed by atoms with van der Waals surface area (Å²) in [6.45, 7) is 6.03. The van der Waals surface area contributed by atoms with Gasteiger partial charge in [-0.05, 0) is 18.8 Å². The first kappa shape index (κ1) is 16.2. The molecule has 1 aliphatic carbocycles. The number of hydrogen-bond acceptors (Lipinski definition) is 5. The number of fused-ring (bicyclic) bond motifs is 1. The average Bonchev–Trinajstić information content (AvgIpc) is 3.02. The molecule has 0 spiro atoms. The van der Waals surface area contributed by atoms with Gasteiger partial charge in [-0.3, -0.25) is 9.69 Å². The number of halogens is 1. The molecule has 1 saturated carbocycles. The second-order valence-corrected chi connectivity index (χ2v) is 6.42. The van der Waals surface area contributed by atoms with Gasteiger partial charge in [0, 0.05) is 19.0 Å². The van der Waals surface area contributed by atoms with Crippen molar-refractivity contribution in [1.29, 1.82) is 0 Å². The molecule has 2 heterocycles. The molecule has 0 radical (unpaired) electrons. The lowest BCUT2D eigenvalue weighted by Gasteiger charge is -2.23. The van der Waals surface area contributed by atoms with Crippen LogP contribution in [0.3, 0.4) is 0 Å². The third kappa shape index (κ3) is 2.79. The van der Waals surface area contributed by atoms with Crippen LogP contribution in [-0.2, 0) is 11.3 Å². The molecule has 1 N–H and O–H groups in total. The first-order chi connectivity index (χ1) is 9.51. The van der Waals surface area contributed by atoms with Gasteiger partial charge in [0.15, 0.2) is 5.82 Å². The van der Waals surface area contributed by atoms with E-state index >= 15 is 0 Å². The third-order valence-electron chi connectivity index (χ3n) is 4.73. The standard InChI is InChI=1S/C14H21N3O3.ClH/c1-9(2)12-15-11(20-16-12)7-17-6-10-4-3-5-14(10,8-17)13(18)19;/h9-10H,3-8H2,1-2H3,(H,18,19);1H/t10-,14+;/m0./s1. The molecule has 0 amide bonds. The molecular weight excluding hydrogens is 294 g/mol. The summed E-state index contributed by atoms with van der Waals surface area (Å²) in [6, 6.07) is 0. The zero-order chi connectivity index (χ0) is 14.3. The van der Waals surface area contributed by atoms with Crippen molar-refractivity contribution in [2.75, 3.05) is 13.1 Å². The Balaban J connectivity index is 0.00000161. The molecule has 6 nitrogen and oxygen atoms in total. The molecule has 1 saturated heterocycles. The molecule has 0 bridgehead atoms. The van der Waals surface area contributed by atoms with Crippen molar-refractivity contribution in [2.45, 2.75) is 45.6 Å². The van der Waals surface area contributed by atoms with Crippen LogP contribution in [0.5, 0.6) is 0 Å². The largest absolute Gasteiger partial charge is 0.481 e. The Hall–Kier alpha value is -1.14. The molecule has 2 atom stereocenters. The Kier molecular flexibility index (Phi) is 4.58. The molecule has 3 rings (SSSR count). The number of aliphatic carboxylic acids is 1. The van der Waals surface area contributed by atoms with Crippen LogP contribution in [0, 0.1) is 11.3 Å². The van der Waals surface area contributed by atoms with Crippen LogP contribution in [0.1, 0.15) is 50.7 Å². The molecule has 0 aromatic carbocycles. The summed E-state index contributed by atoms with van der Waals surface area (Å²) in [5.74, 6) is 1.18. The molecule has 1 aromatic rings. The van der Waals surface area contributed by atoms with Crippen molar-refractivity contribution < 1.29 is 14.4 Å². The van der Waals surface area contributed by atoms with Crippen molar-refractivity contribution in [2.24, 2.45) is 11.3 Å². The molecule has 1 aliphatic heterocycles. The first-order valence-corrected chi connectivity index (χ1v) is 7.29. The van der Waals surface area contributed by atoms with E-state index in [1.807, 2.05) is 13.8 Å². The monoisotopic (exact) mass is 315 g/mol. The van der Waals surface area contributed by atoms with Crippen molar-refractivity contribution in [1.82, 2.24) is 15.0 Å². The number of hydrogen-bond donors (Lipinski definition) is 1. The quantitative estimate of drug-likeness (QED) is 0.918. The predicted molar refractivity (Wildman–Crippen MR) is 78.3 cm³/mol. The van der Waals surface area contributed by atoms with Crippen LogP contribution in [0.4, 0.5) is 0 Å². The van der Waals surface area contributed by atoms with Gasteiger partial charge in [0.05, 0.1) is 12.0 Å². The van der Waals surface area contributed by atoms with E-state index in [4.69, 9.17) is 4.52 Å². The Bertz CT molecular complexity index is 519. The fraction of sp³-hybridized carbons (Fsp3) is 0.786. The van der Waals surface area contributed by atoms with Crippen LogP contribution in [0.25, 0.3) is 0 Å². The van der Waals surface area contributed by atoms with E-state index in [1.54, 1.807) is 0 Å². The smallest absolute Gasteiger partial charge is 0.311 e. The number of carboxylic acid groups (broad SMARTS) is 1. The minimum absolute atomic E-state index is 0. The van der Waals surface area contributed by atoms with Gasteiger partial charge in [-0.2, -0.15) is 4.98 Å². The highest BCUT2D eigenvalue weighted by molar-refractivity contribution is 5.85. The maximum atomic E-state index is 11.6. The van der Waals surface area contributed by atoms with Crippen molar-refractivity contribution in [3.63, 3.8) is 0 Å². The number of likely N-dealkylation sites (tertiary alicyclic amines) is 1. The molecule has 118 valence electrons. The summed E-state index contributed by atoms with van der Waals surface area (Å²) in [6.07, 6.45) is 2.84. The van der Waals surface area contributed by atoms with E-state index < -0.39 is 11.4 Å². The zero-order valence-corrected chi connectivity index (χ0v) is 13.2. The molecule has 7 heteroatoms. The van der Waals surface area contributed by atoms with Crippen LogP contribution in [-0.4, -0.2) is 39.2 Å². The van der Waals surface area contributed by atoms with Gasteiger partial charge >= 0.3 is 5.97 Å². The maximum Gasteiger partial charge on any atom is 0.311 e. The highest BCUT2D eigenvalue weighted by Gasteiger charge is 2.54. The normalized spacial score (nSPS) is 28.6. The van der Waals surface area contributed by atoms with Crippen molar-refractivity contribution >= 4 is 18.4 Å². The second kappa shape index (κ2) is 5.93. The van der Waals surface area contributed by atoms with Gasteiger partial charge in [-0.15, -0.1) is 12.4 Å². The van der Waals surface area contributed by atoms with Gasteiger partial charge in [0.25, 0.3) is 0 Å². The maximum absolute atomic E-state index is 11.6. The van der Waals surface area contributed by atoms with Gasteiger partial charge in [-0.25, -0.2) is 0 Å². The van der Waals surface area contributed by atoms with E-state index in [-0.39, 0.29) is 24.2 Å². The number of nitrogens with zero attached hydrogens (tertiary/aromatic N) is 3. The number of carboxylic acids is 1. The van der Waals surface area contributed by atoms with Gasteiger partial charge < -0.3 is 9.63 Å². The average molecular weight is 316 g/mol. The Morgan fingerprint density at radius 2 is 2.33 bits per heavy atom. The number of carbonyl (C=O) groups is 1. The summed E-state index contributed by atoms with van der Waals surface area (Å²) < 4.78 is 5.25. The lowest BCUT2D eigenvalue weighted by molar-refractivity contribution is -0.149. The molecular formula is C14H22ClN3O3. The molecule has 21 heavy (non-hydrogen) atoms. The van der Waals surface area contributed by atoms with Gasteiger partial charge in [0.1, 0.15) is 0 Å². The second-order valence-electron chi connectivity index (χ2n) is 6.42. The summed E-state index contributed by atoms with van der Waals surface area (Å²) in [7, 11) is 0. The predicted octanol–water partition coefficient (Wildman–Crippen LogP) is 2.30. The Morgan fingerprint density at radius 1 is 1.57 bits per heavy atom. The summed E-state index contributed by atoms with van der Waals surface area (Å²) in [5.41, 5.74) is -0.541. The summed E-state index contributed by atoms with van der Waals surface area (Å²) in [5, 5.41) is 13.5. The number of aromatic nitrogens is 2. The third-order valence-corrected chi connectivity index (χ3v) is 4.73. The first-order valence-electron chi connectivity index (χ1n) is 7.29. The SMILES string of the molecule is CC(C)c1noc(CN2C[C@@H]3CCC[C@@]3(C(=O)O)C2)n1.Cl. The topological polar surface area (TPSA) is 79.5 Å². The van der Waals surface area contributed by atoms with E-state index in [0.29, 0.717) is 24.8 Å². The van der Waals surface area contributed by atoms with E-state index in [0.717, 1.165) is 25.8 Å². The summed E-state index contributed by atoms with van der Waals surface area (Å²) >= 11 is 0. The van der Waals surface area contributed by atoms with Gasteiger partial charge in [0.2, 0.25) is 5.89 Å². The van der Waals surface area contributed by atoms with E-state index in [9.17, 15) is 9.90 Å². The fourth-order valence-electron chi connectivity index (χ4n) is 3.62. The van der Waals surface area contributed by atoms with Crippen LogP contribution >= 0.6 is 12.4 Å². The van der Waals surface area contributed by atoms with E-state index in [2.05, 4.69) is 15.0 Å². The highest BCUT2D eigenvalue weighted by atomic mass is 35.5.